The fraction of sp³-hybridized carbons (Fsp3) is 0.950. The van der Waals surface area contributed by atoms with Crippen LogP contribution in [0.3, 0.4) is 0 Å². The van der Waals surface area contributed by atoms with Crippen LogP contribution in [0.15, 0.2) is 0 Å². The van der Waals surface area contributed by atoms with Crippen molar-refractivity contribution in [2.24, 2.45) is 11.8 Å². The van der Waals surface area contributed by atoms with Crippen LogP contribution in [0.25, 0.3) is 0 Å². The van der Waals surface area contributed by atoms with Gasteiger partial charge in [0.25, 0.3) is 0 Å². The van der Waals surface area contributed by atoms with Gasteiger partial charge in [-0.3, -0.25) is 4.79 Å². The summed E-state index contributed by atoms with van der Waals surface area (Å²) in [4.78, 5) is 13.0. The van der Waals surface area contributed by atoms with Gasteiger partial charge in [-0.15, -0.1) is 23.4 Å². The molecule has 0 aliphatic carbocycles. The molecule has 0 bridgehead atoms. The van der Waals surface area contributed by atoms with E-state index in [9.17, 15) is 20.1 Å². The first-order valence-corrected chi connectivity index (χ1v) is 12.3. The summed E-state index contributed by atoms with van der Waals surface area (Å²) >= 11 is 7.58. The molecular formula is C20H37ClN2O5S. The monoisotopic (exact) mass is 452 g/mol. The smallest absolute Gasteiger partial charge is 0.237 e. The van der Waals surface area contributed by atoms with Gasteiger partial charge >= 0.3 is 0 Å². The third-order valence-corrected chi connectivity index (χ3v) is 7.42. The van der Waals surface area contributed by atoms with E-state index in [0.717, 1.165) is 32.2 Å². The summed E-state index contributed by atoms with van der Waals surface area (Å²) in [5, 5.41) is 36.5. The van der Waals surface area contributed by atoms with Crippen molar-refractivity contribution in [3.05, 3.63) is 0 Å². The van der Waals surface area contributed by atoms with Crippen LogP contribution in [0, 0.1) is 11.8 Å². The van der Waals surface area contributed by atoms with Gasteiger partial charge in [-0.25, -0.2) is 0 Å². The van der Waals surface area contributed by atoms with E-state index >= 15 is 0 Å². The van der Waals surface area contributed by atoms with Crippen molar-refractivity contribution in [2.45, 2.75) is 93.8 Å². The number of rotatable bonds is 7. The molecule has 0 saturated carbocycles. The first-order valence-electron chi connectivity index (χ1n) is 10.6. The summed E-state index contributed by atoms with van der Waals surface area (Å²) in [6.45, 7) is 6.89. The molecule has 0 aromatic heterocycles. The lowest BCUT2D eigenvalue weighted by molar-refractivity contribution is -0.205. The van der Waals surface area contributed by atoms with Crippen molar-refractivity contribution >= 4 is 29.3 Å². The van der Waals surface area contributed by atoms with E-state index in [2.05, 4.69) is 24.5 Å². The summed E-state index contributed by atoms with van der Waals surface area (Å²) in [5.41, 5.74) is -0.709. The third-order valence-electron chi connectivity index (χ3n) is 6.29. The minimum absolute atomic E-state index is 0.177. The average Bonchev–Trinajstić information content (AvgIpc) is 2.87. The van der Waals surface area contributed by atoms with E-state index in [1.54, 1.807) is 13.2 Å². The van der Waals surface area contributed by atoms with Crippen LogP contribution in [-0.2, 0) is 9.53 Å². The standard InChI is InChI=1S/C20H37ClN2O5S/c1-5-6-12-7-8-22-13(9-10(12)2)19(27)23-14(11(3)21)18-16(25)15(24)17(26)20(28-18)29-4/h10-18,20,22,24-26H,5-9H2,1-4H3,(H,23,27)/t10?,11-,12?,13-,14+,15-,16+,17+,18+,20+/m0/s1. The Bertz CT molecular complexity index is 527. The van der Waals surface area contributed by atoms with Crippen LogP contribution in [0.1, 0.15) is 46.5 Å². The molecule has 2 rings (SSSR count). The Morgan fingerprint density at radius 3 is 2.59 bits per heavy atom. The van der Waals surface area contributed by atoms with Crippen molar-refractivity contribution < 1.29 is 24.9 Å². The number of alkyl halides is 1. The highest BCUT2D eigenvalue weighted by molar-refractivity contribution is 7.99. The molecule has 2 unspecified atom stereocenters. The van der Waals surface area contributed by atoms with Gasteiger partial charge in [0.1, 0.15) is 29.9 Å². The van der Waals surface area contributed by atoms with Crippen molar-refractivity contribution in [3.8, 4) is 0 Å². The quantitative estimate of drug-likeness (QED) is 0.367. The molecule has 29 heavy (non-hydrogen) atoms. The normalized spacial score (nSPS) is 40.7. The van der Waals surface area contributed by atoms with Gasteiger partial charge in [0, 0.05) is 0 Å². The van der Waals surface area contributed by atoms with Crippen LogP contribution in [0.5, 0.6) is 0 Å². The fourth-order valence-electron chi connectivity index (χ4n) is 4.46. The van der Waals surface area contributed by atoms with Crippen LogP contribution >= 0.6 is 23.4 Å². The number of nitrogens with one attached hydrogen (secondary N) is 2. The topological polar surface area (TPSA) is 111 Å². The SMILES string of the molecule is CCCC1CCN[C@H](C(=O)N[C@@H]([C@H]2O[C@H](SC)[C@H](O)[C@@H](O)[C@H]2O)[C@H](C)Cl)CC1C. The summed E-state index contributed by atoms with van der Waals surface area (Å²) in [5.74, 6) is 0.862. The zero-order valence-electron chi connectivity index (χ0n) is 17.8. The zero-order valence-corrected chi connectivity index (χ0v) is 19.3. The van der Waals surface area contributed by atoms with E-state index in [4.69, 9.17) is 16.3 Å². The Kier molecular flexibility index (Phi) is 9.99. The number of halogens is 1. The predicted octanol–water partition coefficient (Wildman–Crippen LogP) is 1.07. The number of hydrogen-bond donors (Lipinski definition) is 5. The van der Waals surface area contributed by atoms with Gasteiger partial charge in [-0.05, 0) is 44.4 Å². The number of aliphatic hydroxyl groups is 3. The van der Waals surface area contributed by atoms with Crippen molar-refractivity contribution in [1.29, 1.82) is 0 Å². The maximum absolute atomic E-state index is 13.0. The lowest BCUT2D eigenvalue weighted by Gasteiger charge is -2.44. The van der Waals surface area contributed by atoms with Gasteiger partial charge in [-0.1, -0.05) is 26.7 Å². The largest absolute Gasteiger partial charge is 0.388 e. The van der Waals surface area contributed by atoms with E-state index in [1.807, 2.05) is 0 Å². The van der Waals surface area contributed by atoms with E-state index in [0.29, 0.717) is 11.8 Å². The maximum Gasteiger partial charge on any atom is 0.237 e. The number of carbonyl (C=O) groups excluding carboxylic acids is 1. The van der Waals surface area contributed by atoms with Gasteiger partial charge in [0.15, 0.2) is 0 Å². The van der Waals surface area contributed by atoms with Gasteiger partial charge in [-0.2, -0.15) is 0 Å². The van der Waals surface area contributed by atoms with Gasteiger partial charge in [0.05, 0.1) is 17.5 Å². The second kappa shape index (κ2) is 11.5. The highest BCUT2D eigenvalue weighted by Crippen LogP contribution is 2.31. The van der Waals surface area contributed by atoms with Crippen molar-refractivity contribution in [3.63, 3.8) is 0 Å². The lowest BCUT2D eigenvalue weighted by atomic mass is 9.84. The Balaban J connectivity index is 2.08. The molecule has 9 heteroatoms. The number of carbonyl (C=O) groups is 1. The van der Waals surface area contributed by atoms with Crippen LogP contribution in [-0.4, -0.2) is 81.3 Å². The molecule has 0 spiro atoms. The molecule has 0 aromatic carbocycles. The Hall–Kier alpha value is -0.0900. The molecule has 2 heterocycles. The van der Waals surface area contributed by atoms with Crippen LogP contribution in [0.4, 0.5) is 0 Å². The minimum Gasteiger partial charge on any atom is -0.388 e. The highest BCUT2D eigenvalue weighted by Gasteiger charge is 2.48. The number of ether oxygens (including phenoxy) is 1. The minimum atomic E-state index is -1.37. The molecule has 10 atom stereocenters. The van der Waals surface area contributed by atoms with Crippen LogP contribution < -0.4 is 10.6 Å². The molecule has 2 saturated heterocycles. The molecule has 2 aliphatic rings. The number of thioether (sulfide) groups is 1. The molecule has 7 nitrogen and oxygen atoms in total. The van der Waals surface area contributed by atoms with E-state index in [-0.39, 0.29) is 11.9 Å². The zero-order chi connectivity index (χ0) is 21.7. The lowest BCUT2D eigenvalue weighted by Crippen LogP contribution is -2.65. The van der Waals surface area contributed by atoms with Crippen molar-refractivity contribution in [2.75, 3.05) is 12.8 Å². The molecule has 2 aliphatic heterocycles. The van der Waals surface area contributed by atoms with Gasteiger partial charge < -0.3 is 30.7 Å². The average molecular weight is 453 g/mol. The third kappa shape index (κ3) is 6.21. The molecule has 0 radical (unpaired) electrons. The summed E-state index contributed by atoms with van der Waals surface area (Å²) in [6.07, 6.45) is 0.992. The molecule has 170 valence electrons. The molecule has 2 fully saturated rings. The summed E-state index contributed by atoms with van der Waals surface area (Å²) < 4.78 is 5.82. The summed E-state index contributed by atoms with van der Waals surface area (Å²) in [6, 6.07) is -1.04. The number of hydrogen-bond acceptors (Lipinski definition) is 7. The molecule has 1 amide bonds. The number of amides is 1. The van der Waals surface area contributed by atoms with Gasteiger partial charge in [0.2, 0.25) is 5.91 Å². The highest BCUT2D eigenvalue weighted by atomic mass is 35.5. The predicted molar refractivity (Wildman–Crippen MR) is 116 cm³/mol. The number of aliphatic hydroxyl groups excluding tert-OH is 3. The Morgan fingerprint density at radius 1 is 1.31 bits per heavy atom. The first-order chi connectivity index (χ1) is 13.7. The van der Waals surface area contributed by atoms with E-state index in [1.165, 1.54) is 11.8 Å². The van der Waals surface area contributed by atoms with Crippen molar-refractivity contribution in [1.82, 2.24) is 10.6 Å². The molecule has 0 aromatic rings. The first kappa shape index (κ1) is 25.2. The van der Waals surface area contributed by atoms with E-state index < -0.39 is 41.3 Å². The second-order valence-electron chi connectivity index (χ2n) is 8.45. The van der Waals surface area contributed by atoms with Crippen LogP contribution in [0.2, 0.25) is 0 Å². The maximum atomic E-state index is 13.0. The fourth-order valence-corrected chi connectivity index (χ4v) is 5.35. The molecular weight excluding hydrogens is 416 g/mol. The summed E-state index contributed by atoms with van der Waals surface area (Å²) in [7, 11) is 0. The second-order valence-corrected chi connectivity index (χ2v) is 10.1. The Labute approximate surface area is 183 Å². The molecule has 5 N–H and O–H groups in total. The Morgan fingerprint density at radius 2 is 2.00 bits per heavy atom.